The average molecular weight is 341 g/mol. The predicted octanol–water partition coefficient (Wildman–Crippen LogP) is 2.78. The van der Waals surface area contributed by atoms with Crippen molar-refractivity contribution in [2.45, 2.75) is 29.1 Å². The van der Waals surface area contributed by atoms with E-state index in [9.17, 15) is 8.42 Å². The summed E-state index contributed by atoms with van der Waals surface area (Å²) >= 11 is 0. The minimum atomic E-state index is -3.53. The van der Waals surface area contributed by atoms with E-state index in [1.165, 1.54) is 5.56 Å². The average Bonchev–Trinajstić information content (AvgIpc) is 3.25. The number of aromatic amines is 1. The smallest absolute Gasteiger partial charge is 0.206 e. The van der Waals surface area contributed by atoms with Crippen LogP contribution in [0, 0.1) is 6.92 Å². The molecule has 0 unspecified atom stereocenters. The molecule has 2 N–H and O–H groups in total. The molecule has 1 atom stereocenters. The van der Waals surface area contributed by atoms with Gasteiger partial charge in [0, 0.05) is 11.9 Å². The van der Waals surface area contributed by atoms with E-state index in [-0.39, 0.29) is 0 Å². The zero-order valence-corrected chi connectivity index (χ0v) is 14.2. The SMILES string of the molecule is Cc1cc(S(=O)(=O)c2ccc3[nH]ncc3c2)ccc1[C@H]1CCNC1. The molecule has 0 amide bonds. The zero-order chi connectivity index (χ0) is 16.7. The Labute approximate surface area is 141 Å². The first kappa shape index (κ1) is 15.4. The van der Waals surface area contributed by atoms with E-state index < -0.39 is 9.84 Å². The van der Waals surface area contributed by atoms with E-state index in [1.807, 2.05) is 13.0 Å². The summed E-state index contributed by atoms with van der Waals surface area (Å²) in [6.07, 6.45) is 2.74. The van der Waals surface area contributed by atoms with Crippen LogP contribution in [0.5, 0.6) is 0 Å². The molecule has 6 heteroatoms. The standard InChI is InChI=1S/C18H19N3O2S/c1-12-8-15(2-4-17(12)13-6-7-19-10-13)24(22,23)16-3-5-18-14(9-16)11-20-21-18/h2-5,8-9,11,13,19H,6-7,10H2,1H3,(H,20,21)/t13-/m0/s1. The number of aryl methyl sites for hydroxylation is 1. The highest BCUT2D eigenvalue weighted by Gasteiger charge is 2.22. The van der Waals surface area contributed by atoms with Gasteiger partial charge in [-0.05, 0) is 67.3 Å². The lowest BCUT2D eigenvalue weighted by atomic mass is 9.94. The van der Waals surface area contributed by atoms with Crippen LogP contribution < -0.4 is 5.32 Å². The van der Waals surface area contributed by atoms with Crippen LogP contribution in [0.25, 0.3) is 10.9 Å². The maximum absolute atomic E-state index is 12.9. The van der Waals surface area contributed by atoms with Gasteiger partial charge in [-0.3, -0.25) is 5.10 Å². The Balaban J connectivity index is 1.74. The van der Waals surface area contributed by atoms with Crippen LogP contribution in [0.15, 0.2) is 52.4 Å². The molecule has 24 heavy (non-hydrogen) atoms. The monoisotopic (exact) mass is 341 g/mol. The molecule has 2 aromatic carbocycles. The molecule has 1 aromatic heterocycles. The third kappa shape index (κ3) is 2.52. The Morgan fingerprint density at radius 2 is 1.92 bits per heavy atom. The summed E-state index contributed by atoms with van der Waals surface area (Å²) in [5.41, 5.74) is 3.10. The molecule has 0 bridgehead atoms. The van der Waals surface area contributed by atoms with Crippen molar-refractivity contribution in [2.24, 2.45) is 0 Å². The van der Waals surface area contributed by atoms with E-state index in [4.69, 9.17) is 0 Å². The normalized spacial score (nSPS) is 18.3. The number of sulfone groups is 1. The second-order valence-corrected chi connectivity index (χ2v) is 8.28. The van der Waals surface area contributed by atoms with Crippen LogP contribution in [0.4, 0.5) is 0 Å². The van der Waals surface area contributed by atoms with Gasteiger partial charge in [-0.25, -0.2) is 8.42 Å². The van der Waals surface area contributed by atoms with Gasteiger partial charge in [0.05, 0.1) is 21.5 Å². The molecule has 0 spiro atoms. The first-order valence-corrected chi connectivity index (χ1v) is 9.53. The molecule has 1 fully saturated rings. The van der Waals surface area contributed by atoms with Crippen molar-refractivity contribution >= 4 is 20.7 Å². The van der Waals surface area contributed by atoms with Gasteiger partial charge in [-0.1, -0.05) is 6.07 Å². The van der Waals surface area contributed by atoms with Gasteiger partial charge in [0.1, 0.15) is 0 Å². The molecule has 1 aliphatic rings. The third-order valence-electron chi connectivity index (χ3n) is 4.77. The van der Waals surface area contributed by atoms with E-state index in [1.54, 1.807) is 36.5 Å². The number of fused-ring (bicyclic) bond motifs is 1. The van der Waals surface area contributed by atoms with E-state index in [0.29, 0.717) is 15.7 Å². The molecule has 5 nitrogen and oxygen atoms in total. The van der Waals surface area contributed by atoms with Gasteiger partial charge in [0.15, 0.2) is 0 Å². The summed E-state index contributed by atoms with van der Waals surface area (Å²) in [5, 5.41) is 10.9. The van der Waals surface area contributed by atoms with Gasteiger partial charge in [0.2, 0.25) is 9.84 Å². The fourth-order valence-electron chi connectivity index (χ4n) is 3.42. The van der Waals surface area contributed by atoms with E-state index >= 15 is 0 Å². The van der Waals surface area contributed by atoms with Crippen molar-refractivity contribution in [2.75, 3.05) is 13.1 Å². The highest BCUT2D eigenvalue weighted by Crippen LogP contribution is 2.30. The number of rotatable bonds is 3. The molecule has 1 aliphatic heterocycles. The quantitative estimate of drug-likeness (QED) is 0.768. The van der Waals surface area contributed by atoms with Gasteiger partial charge in [-0.15, -0.1) is 0 Å². The Kier molecular flexibility index (Phi) is 3.66. The Hall–Kier alpha value is -2.18. The first-order valence-electron chi connectivity index (χ1n) is 8.05. The van der Waals surface area contributed by atoms with Crippen LogP contribution in [0.1, 0.15) is 23.5 Å². The molecule has 0 radical (unpaired) electrons. The van der Waals surface area contributed by atoms with E-state index in [0.717, 1.165) is 36.0 Å². The molecule has 1 saturated heterocycles. The lowest BCUT2D eigenvalue weighted by Crippen LogP contribution is -2.09. The fourth-order valence-corrected chi connectivity index (χ4v) is 4.80. The van der Waals surface area contributed by atoms with Crippen molar-refractivity contribution in [1.82, 2.24) is 15.5 Å². The van der Waals surface area contributed by atoms with Gasteiger partial charge >= 0.3 is 0 Å². The molecule has 0 aliphatic carbocycles. The molecule has 124 valence electrons. The Morgan fingerprint density at radius 1 is 1.12 bits per heavy atom. The highest BCUT2D eigenvalue weighted by atomic mass is 32.2. The van der Waals surface area contributed by atoms with Crippen molar-refractivity contribution in [1.29, 1.82) is 0 Å². The minimum absolute atomic E-state index is 0.297. The summed E-state index contributed by atoms with van der Waals surface area (Å²) in [6.45, 7) is 3.98. The van der Waals surface area contributed by atoms with Gasteiger partial charge < -0.3 is 5.32 Å². The second-order valence-electron chi connectivity index (χ2n) is 6.33. The number of hydrogen-bond acceptors (Lipinski definition) is 4. The third-order valence-corrected chi connectivity index (χ3v) is 6.52. The lowest BCUT2D eigenvalue weighted by molar-refractivity contribution is 0.596. The topological polar surface area (TPSA) is 74.8 Å². The van der Waals surface area contributed by atoms with Crippen molar-refractivity contribution < 1.29 is 8.42 Å². The first-order chi connectivity index (χ1) is 11.6. The minimum Gasteiger partial charge on any atom is -0.316 e. The maximum atomic E-state index is 12.9. The molecule has 2 heterocycles. The summed E-state index contributed by atoms with van der Waals surface area (Å²) < 4.78 is 25.9. The number of nitrogens with zero attached hydrogens (tertiary/aromatic N) is 1. The lowest BCUT2D eigenvalue weighted by Gasteiger charge is -2.14. The number of nitrogens with one attached hydrogen (secondary N) is 2. The predicted molar refractivity (Wildman–Crippen MR) is 93.0 cm³/mol. The van der Waals surface area contributed by atoms with Crippen LogP contribution in [0.3, 0.4) is 0 Å². The largest absolute Gasteiger partial charge is 0.316 e. The number of H-pyrrole nitrogens is 1. The summed E-state index contributed by atoms with van der Waals surface area (Å²) in [7, 11) is -3.53. The zero-order valence-electron chi connectivity index (χ0n) is 13.4. The number of benzene rings is 2. The summed E-state index contributed by atoms with van der Waals surface area (Å²) in [5.74, 6) is 0.476. The van der Waals surface area contributed by atoms with Crippen LogP contribution in [-0.2, 0) is 9.84 Å². The van der Waals surface area contributed by atoms with Gasteiger partial charge in [-0.2, -0.15) is 5.10 Å². The Morgan fingerprint density at radius 3 is 2.67 bits per heavy atom. The van der Waals surface area contributed by atoms with Crippen molar-refractivity contribution in [3.05, 3.63) is 53.7 Å². The van der Waals surface area contributed by atoms with Crippen LogP contribution in [-0.4, -0.2) is 31.7 Å². The van der Waals surface area contributed by atoms with Crippen LogP contribution >= 0.6 is 0 Å². The maximum Gasteiger partial charge on any atom is 0.206 e. The van der Waals surface area contributed by atoms with Crippen molar-refractivity contribution in [3.8, 4) is 0 Å². The molecular weight excluding hydrogens is 322 g/mol. The molecule has 0 saturated carbocycles. The Bertz CT molecular complexity index is 1000. The molecular formula is C18H19N3O2S. The van der Waals surface area contributed by atoms with E-state index in [2.05, 4.69) is 15.5 Å². The summed E-state index contributed by atoms with van der Waals surface area (Å²) in [4.78, 5) is 0.642. The number of hydrogen-bond donors (Lipinski definition) is 2. The molecule has 3 aromatic rings. The number of aromatic nitrogens is 2. The summed E-state index contributed by atoms with van der Waals surface area (Å²) in [6, 6.07) is 10.5. The second kappa shape index (κ2) is 5.72. The van der Waals surface area contributed by atoms with Crippen molar-refractivity contribution in [3.63, 3.8) is 0 Å². The highest BCUT2D eigenvalue weighted by molar-refractivity contribution is 7.91. The van der Waals surface area contributed by atoms with Gasteiger partial charge in [0.25, 0.3) is 0 Å². The molecule has 4 rings (SSSR count). The fraction of sp³-hybridized carbons (Fsp3) is 0.278. The van der Waals surface area contributed by atoms with Crippen LogP contribution in [0.2, 0.25) is 0 Å².